The summed E-state index contributed by atoms with van der Waals surface area (Å²) in [5.74, 6) is 1.58. The SMILES string of the molecule is CC(C)CNCc1ccncc1N(C)CC1CCC1. The molecule has 0 aromatic carbocycles. The van der Waals surface area contributed by atoms with E-state index in [2.05, 4.69) is 42.2 Å². The van der Waals surface area contributed by atoms with Crippen molar-refractivity contribution in [2.24, 2.45) is 11.8 Å². The Bertz CT molecular complexity index is 385. The molecule has 19 heavy (non-hydrogen) atoms. The number of nitrogens with zero attached hydrogens (tertiary/aromatic N) is 2. The van der Waals surface area contributed by atoms with Gasteiger partial charge in [-0.3, -0.25) is 4.98 Å². The highest BCUT2D eigenvalue weighted by Gasteiger charge is 2.20. The molecule has 1 aliphatic carbocycles. The van der Waals surface area contributed by atoms with Gasteiger partial charge in [0.15, 0.2) is 0 Å². The van der Waals surface area contributed by atoms with Crippen LogP contribution in [0.1, 0.15) is 38.7 Å². The molecule has 0 saturated heterocycles. The van der Waals surface area contributed by atoms with Crippen LogP contribution in [0.3, 0.4) is 0 Å². The van der Waals surface area contributed by atoms with E-state index in [9.17, 15) is 0 Å². The number of rotatable bonds is 7. The van der Waals surface area contributed by atoms with Crippen molar-refractivity contribution >= 4 is 5.69 Å². The fourth-order valence-corrected chi connectivity index (χ4v) is 2.56. The van der Waals surface area contributed by atoms with Crippen molar-refractivity contribution in [2.45, 2.75) is 39.7 Å². The Morgan fingerprint density at radius 2 is 2.21 bits per heavy atom. The van der Waals surface area contributed by atoms with E-state index in [4.69, 9.17) is 0 Å². The lowest BCUT2D eigenvalue weighted by molar-refractivity contribution is 0.321. The first-order valence-corrected chi connectivity index (χ1v) is 7.51. The fraction of sp³-hybridized carbons (Fsp3) is 0.688. The predicted octanol–water partition coefficient (Wildman–Crippen LogP) is 3.06. The Hall–Kier alpha value is -1.09. The summed E-state index contributed by atoms with van der Waals surface area (Å²) >= 11 is 0. The van der Waals surface area contributed by atoms with Gasteiger partial charge in [0, 0.05) is 26.3 Å². The van der Waals surface area contributed by atoms with Gasteiger partial charge in [-0.1, -0.05) is 20.3 Å². The lowest BCUT2D eigenvalue weighted by Gasteiger charge is -2.32. The molecule has 3 heteroatoms. The molecule has 1 fully saturated rings. The van der Waals surface area contributed by atoms with Crippen molar-refractivity contribution in [1.29, 1.82) is 0 Å². The maximum absolute atomic E-state index is 4.29. The van der Waals surface area contributed by atoms with Crippen LogP contribution in [0.15, 0.2) is 18.5 Å². The summed E-state index contributed by atoms with van der Waals surface area (Å²) in [6, 6.07) is 2.14. The maximum Gasteiger partial charge on any atom is 0.0595 e. The first-order valence-electron chi connectivity index (χ1n) is 7.51. The van der Waals surface area contributed by atoms with E-state index < -0.39 is 0 Å². The number of nitrogens with one attached hydrogen (secondary N) is 1. The van der Waals surface area contributed by atoms with E-state index >= 15 is 0 Å². The van der Waals surface area contributed by atoms with Gasteiger partial charge in [0.2, 0.25) is 0 Å². The van der Waals surface area contributed by atoms with Gasteiger partial charge in [0.1, 0.15) is 0 Å². The molecule has 0 aliphatic heterocycles. The van der Waals surface area contributed by atoms with Crippen LogP contribution >= 0.6 is 0 Å². The Labute approximate surface area is 117 Å². The molecule has 0 radical (unpaired) electrons. The zero-order valence-electron chi connectivity index (χ0n) is 12.5. The van der Waals surface area contributed by atoms with E-state index in [1.807, 2.05) is 12.4 Å². The summed E-state index contributed by atoms with van der Waals surface area (Å²) in [7, 11) is 2.20. The van der Waals surface area contributed by atoms with Crippen molar-refractivity contribution in [3.8, 4) is 0 Å². The van der Waals surface area contributed by atoms with Crippen LogP contribution in [0.5, 0.6) is 0 Å². The normalized spacial score (nSPS) is 15.6. The number of hydrogen-bond acceptors (Lipinski definition) is 3. The van der Waals surface area contributed by atoms with Gasteiger partial charge in [-0.05, 0) is 42.9 Å². The van der Waals surface area contributed by atoms with E-state index in [1.165, 1.54) is 37.1 Å². The van der Waals surface area contributed by atoms with E-state index in [0.29, 0.717) is 5.92 Å². The summed E-state index contributed by atoms with van der Waals surface area (Å²) in [5, 5.41) is 3.52. The third kappa shape index (κ3) is 4.20. The van der Waals surface area contributed by atoms with Crippen molar-refractivity contribution < 1.29 is 0 Å². The molecule has 0 atom stereocenters. The zero-order chi connectivity index (χ0) is 13.7. The number of aromatic nitrogens is 1. The van der Waals surface area contributed by atoms with Crippen LogP contribution in [-0.4, -0.2) is 25.1 Å². The summed E-state index contributed by atoms with van der Waals surface area (Å²) in [5.41, 5.74) is 2.64. The van der Waals surface area contributed by atoms with Gasteiger partial charge in [-0.15, -0.1) is 0 Å². The standard InChI is InChI=1S/C16H27N3/c1-13(2)9-18-10-15-7-8-17-11-16(15)19(3)12-14-5-4-6-14/h7-8,11,13-14,18H,4-6,9-10,12H2,1-3H3. The van der Waals surface area contributed by atoms with Crippen molar-refractivity contribution in [3.05, 3.63) is 24.0 Å². The largest absolute Gasteiger partial charge is 0.373 e. The number of pyridine rings is 1. The lowest BCUT2D eigenvalue weighted by Crippen LogP contribution is -2.30. The highest BCUT2D eigenvalue weighted by Crippen LogP contribution is 2.29. The minimum absolute atomic E-state index is 0.693. The van der Waals surface area contributed by atoms with E-state index in [-0.39, 0.29) is 0 Å². The third-order valence-electron chi connectivity index (χ3n) is 3.92. The quantitative estimate of drug-likeness (QED) is 0.817. The average Bonchev–Trinajstić information content (AvgIpc) is 2.34. The second kappa shape index (κ2) is 6.90. The Morgan fingerprint density at radius 3 is 2.84 bits per heavy atom. The molecule has 1 N–H and O–H groups in total. The van der Waals surface area contributed by atoms with Crippen molar-refractivity contribution in [3.63, 3.8) is 0 Å². The molecule has 1 aliphatic rings. The fourth-order valence-electron chi connectivity index (χ4n) is 2.56. The molecular formula is C16H27N3. The van der Waals surface area contributed by atoms with Gasteiger partial charge < -0.3 is 10.2 Å². The molecule has 3 nitrogen and oxygen atoms in total. The molecule has 1 saturated carbocycles. The topological polar surface area (TPSA) is 28.2 Å². The second-order valence-corrected chi connectivity index (χ2v) is 6.21. The van der Waals surface area contributed by atoms with Crippen LogP contribution in [0, 0.1) is 11.8 Å². The molecule has 0 unspecified atom stereocenters. The summed E-state index contributed by atoms with van der Waals surface area (Å²) in [6.07, 6.45) is 8.10. The minimum Gasteiger partial charge on any atom is -0.373 e. The van der Waals surface area contributed by atoms with Crippen LogP contribution < -0.4 is 10.2 Å². The molecule has 1 aromatic rings. The van der Waals surface area contributed by atoms with Gasteiger partial charge in [-0.2, -0.15) is 0 Å². The molecule has 106 valence electrons. The van der Waals surface area contributed by atoms with Crippen LogP contribution in [-0.2, 0) is 6.54 Å². The van der Waals surface area contributed by atoms with Crippen molar-refractivity contribution in [1.82, 2.24) is 10.3 Å². The molecular weight excluding hydrogens is 234 g/mol. The molecule has 0 amide bonds. The zero-order valence-corrected chi connectivity index (χ0v) is 12.5. The summed E-state index contributed by atoms with van der Waals surface area (Å²) < 4.78 is 0. The highest BCUT2D eigenvalue weighted by molar-refractivity contribution is 5.51. The molecule has 1 heterocycles. The second-order valence-electron chi connectivity index (χ2n) is 6.21. The first kappa shape index (κ1) is 14.3. The smallest absolute Gasteiger partial charge is 0.0595 e. The van der Waals surface area contributed by atoms with Gasteiger partial charge in [0.25, 0.3) is 0 Å². The Balaban J connectivity index is 1.94. The number of anilines is 1. The van der Waals surface area contributed by atoms with Gasteiger partial charge in [0.05, 0.1) is 11.9 Å². The third-order valence-corrected chi connectivity index (χ3v) is 3.92. The Morgan fingerprint density at radius 1 is 1.42 bits per heavy atom. The van der Waals surface area contributed by atoms with Crippen molar-refractivity contribution in [2.75, 3.05) is 25.0 Å². The molecule has 1 aromatic heterocycles. The Kier molecular flexibility index (Phi) is 5.20. The monoisotopic (exact) mass is 261 g/mol. The lowest BCUT2D eigenvalue weighted by atomic mass is 9.85. The number of hydrogen-bond donors (Lipinski definition) is 1. The molecule has 0 bridgehead atoms. The molecule has 0 spiro atoms. The first-order chi connectivity index (χ1) is 9.16. The van der Waals surface area contributed by atoms with E-state index in [1.54, 1.807) is 0 Å². The highest BCUT2D eigenvalue weighted by atomic mass is 15.1. The van der Waals surface area contributed by atoms with Crippen LogP contribution in [0.25, 0.3) is 0 Å². The van der Waals surface area contributed by atoms with Crippen LogP contribution in [0.4, 0.5) is 5.69 Å². The van der Waals surface area contributed by atoms with Gasteiger partial charge in [-0.25, -0.2) is 0 Å². The summed E-state index contributed by atoms with van der Waals surface area (Å²) in [6.45, 7) is 7.65. The summed E-state index contributed by atoms with van der Waals surface area (Å²) in [4.78, 5) is 6.67. The van der Waals surface area contributed by atoms with E-state index in [0.717, 1.165) is 19.0 Å². The van der Waals surface area contributed by atoms with Gasteiger partial charge >= 0.3 is 0 Å². The maximum atomic E-state index is 4.29. The minimum atomic E-state index is 0.693. The molecule has 2 rings (SSSR count). The predicted molar refractivity (Wildman–Crippen MR) is 81.4 cm³/mol. The average molecular weight is 261 g/mol. The van der Waals surface area contributed by atoms with Crippen LogP contribution in [0.2, 0.25) is 0 Å².